The lowest BCUT2D eigenvalue weighted by atomic mass is 9.75. The first kappa shape index (κ1) is 18.2. The van der Waals surface area contributed by atoms with E-state index in [4.69, 9.17) is 5.11 Å². The molecule has 0 unspecified atom stereocenters. The molecule has 1 amide bonds. The molecule has 0 aromatic heterocycles. The predicted octanol–water partition coefficient (Wildman–Crippen LogP) is 3.36. The van der Waals surface area contributed by atoms with Crippen LogP contribution in [0, 0.1) is 5.41 Å². The molecule has 0 radical (unpaired) electrons. The third-order valence-electron chi connectivity index (χ3n) is 4.58. The number of rotatable bonds is 8. The summed E-state index contributed by atoms with van der Waals surface area (Å²) in [4.78, 5) is 23.8. The van der Waals surface area contributed by atoms with Crippen molar-refractivity contribution in [1.29, 1.82) is 0 Å². The second-order valence-electron chi connectivity index (χ2n) is 6.35. The first-order valence-corrected chi connectivity index (χ1v) is 7.87. The Morgan fingerprint density at radius 3 is 2.09 bits per heavy atom. The number of hydrogen-bond acceptors (Lipinski definition) is 2. The largest absolute Gasteiger partial charge is 0.481 e. The molecule has 0 heterocycles. The molecule has 0 atom stereocenters. The molecule has 0 saturated heterocycles. The Morgan fingerprint density at radius 1 is 1.09 bits per heavy atom. The molecule has 0 saturated carbocycles. The molecule has 0 spiro atoms. The van der Waals surface area contributed by atoms with Crippen molar-refractivity contribution < 1.29 is 14.7 Å². The van der Waals surface area contributed by atoms with Crippen LogP contribution in [0.25, 0.3) is 0 Å². The zero-order chi connectivity index (χ0) is 16.8. The van der Waals surface area contributed by atoms with Crippen LogP contribution in [-0.4, -0.2) is 23.5 Å². The van der Waals surface area contributed by atoms with Crippen LogP contribution in [0.1, 0.15) is 52.5 Å². The molecule has 0 bridgehead atoms. The minimum absolute atomic E-state index is 0.0233. The van der Waals surface area contributed by atoms with Crippen LogP contribution in [0.2, 0.25) is 0 Å². The zero-order valence-corrected chi connectivity index (χ0v) is 14.0. The van der Waals surface area contributed by atoms with Gasteiger partial charge in [0.05, 0.1) is 10.8 Å². The summed E-state index contributed by atoms with van der Waals surface area (Å²) in [6.07, 6.45) is 1.83. The maximum Gasteiger partial charge on any atom is 0.309 e. The molecule has 2 N–H and O–H groups in total. The standard InChI is InChI=1S/C18H27NO3/c1-5-18(6-2,14-10-8-7-9-11-14)15(20)19-13-12-17(3,4)16(21)22/h7-11H,5-6,12-13H2,1-4H3,(H,19,20)(H,21,22). The average Bonchev–Trinajstić information content (AvgIpc) is 2.50. The fourth-order valence-electron chi connectivity index (χ4n) is 2.63. The molecule has 1 aromatic carbocycles. The lowest BCUT2D eigenvalue weighted by Gasteiger charge is -2.31. The topological polar surface area (TPSA) is 66.4 Å². The van der Waals surface area contributed by atoms with Gasteiger partial charge in [-0.1, -0.05) is 44.2 Å². The molecule has 0 aliphatic carbocycles. The average molecular weight is 305 g/mol. The van der Waals surface area contributed by atoms with E-state index in [0.717, 1.165) is 5.56 Å². The summed E-state index contributed by atoms with van der Waals surface area (Å²) in [5.74, 6) is -0.869. The highest BCUT2D eigenvalue weighted by Gasteiger charge is 2.36. The van der Waals surface area contributed by atoms with Crippen LogP contribution in [-0.2, 0) is 15.0 Å². The molecule has 1 rings (SSSR count). The van der Waals surface area contributed by atoms with Gasteiger partial charge in [0.1, 0.15) is 0 Å². The van der Waals surface area contributed by atoms with Gasteiger partial charge in [0.25, 0.3) is 0 Å². The van der Waals surface area contributed by atoms with Crippen LogP contribution in [0.3, 0.4) is 0 Å². The lowest BCUT2D eigenvalue weighted by molar-refractivity contribution is -0.147. The second-order valence-corrected chi connectivity index (χ2v) is 6.35. The molecule has 0 fully saturated rings. The Hall–Kier alpha value is -1.84. The van der Waals surface area contributed by atoms with E-state index in [1.165, 1.54) is 0 Å². The first-order valence-electron chi connectivity index (χ1n) is 7.87. The molecule has 0 aliphatic heterocycles. The van der Waals surface area contributed by atoms with Gasteiger partial charge in [-0.3, -0.25) is 9.59 Å². The predicted molar refractivity (Wildman–Crippen MR) is 87.7 cm³/mol. The number of carboxylic acids is 1. The summed E-state index contributed by atoms with van der Waals surface area (Å²) in [5, 5.41) is 12.1. The number of benzene rings is 1. The van der Waals surface area contributed by atoms with Gasteiger partial charge in [-0.05, 0) is 38.7 Å². The van der Waals surface area contributed by atoms with E-state index < -0.39 is 16.8 Å². The van der Waals surface area contributed by atoms with E-state index in [1.54, 1.807) is 13.8 Å². The van der Waals surface area contributed by atoms with Gasteiger partial charge in [0.15, 0.2) is 0 Å². The summed E-state index contributed by atoms with van der Waals surface area (Å²) in [7, 11) is 0. The molecular formula is C18H27NO3. The van der Waals surface area contributed by atoms with Crippen molar-refractivity contribution in [2.75, 3.05) is 6.54 Å². The van der Waals surface area contributed by atoms with Gasteiger partial charge in [0.2, 0.25) is 5.91 Å². The SMILES string of the molecule is CCC(CC)(C(=O)NCCC(C)(C)C(=O)O)c1ccccc1. The third-order valence-corrected chi connectivity index (χ3v) is 4.58. The third kappa shape index (κ3) is 3.87. The Balaban J connectivity index is 2.82. The summed E-state index contributed by atoms with van der Waals surface area (Å²) in [6.45, 7) is 7.73. The van der Waals surface area contributed by atoms with E-state index in [9.17, 15) is 9.59 Å². The number of hydrogen-bond donors (Lipinski definition) is 2. The smallest absolute Gasteiger partial charge is 0.309 e. The second kappa shape index (κ2) is 7.43. The number of nitrogens with one attached hydrogen (secondary N) is 1. The number of carbonyl (C=O) groups is 2. The van der Waals surface area contributed by atoms with Crippen molar-refractivity contribution in [3.63, 3.8) is 0 Å². The van der Waals surface area contributed by atoms with E-state index in [1.807, 2.05) is 44.2 Å². The maximum absolute atomic E-state index is 12.7. The fourth-order valence-corrected chi connectivity index (χ4v) is 2.63. The minimum atomic E-state index is -0.845. The molecule has 4 nitrogen and oxygen atoms in total. The molecular weight excluding hydrogens is 278 g/mol. The van der Waals surface area contributed by atoms with Crippen molar-refractivity contribution in [2.45, 2.75) is 52.4 Å². The van der Waals surface area contributed by atoms with Crippen LogP contribution in [0.4, 0.5) is 0 Å². The number of carboxylic acid groups (broad SMARTS) is 1. The Bertz CT molecular complexity index is 504. The highest BCUT2D eigenvalue weighted by Crippen LogP contribution is 2.32. The molecule has 0 aliphatic rings. The van der Waals surface area contributed by atoms with Crippen molar-refractivity contribution in [2.24, 2.45) is 5.41 Å². The highest BCUT2D eigenvalue weighted by molar-refractivity contribution is 5.88. The van der Waals surface area contributed by atoms with Gasteiger partial charge in [-0.2, -0.15) is 0 Å². The molecule has 22 heavy (non-hydrogen) atoms. The number of amides is 1. The first-order chi connectivity index (χ1) is 10.3. The Labute approximate surface area is 132 Å². The summed E-state index contributed by atoms with van der Waals surface area (Å²) in [5.41, 5.74) is -0.370. The van der Waals surface area contributed by atoms with Gasteiger partial charge < -0.3 is 10.4 Å². The van der Waals surface area contributed by atoms with Gasteiger partial charge in [0, 0.05) is 6.54 Å². The van der Waals surface area contributed by atoms with Crippen LogP contribution in [0.15, 0.2) is 30.3 Å². The van der Waals surface area contributed by atoms with E-state index >= 15 is 0 Å². The maximum atomic E-state index is 12.7. The van der Waals surface area contributed by atoms with Crippen LogP contribution in [0.5, 0.6) is 0 Å². The summed E-state index contributed by atoms with van der Waals surface area (Å²) < 4.78 is 0. The Kier molecular flexibility index (Phi) is 6.15. The molecule has 1 aromatic rings. The van der Waals surface area contributed by atoms with E-state index in [0.29, 0.717) is 25.8 Å². The quantitative estimate of drug-likeness (QED) is 0.774. The monoisotopic (exact) mass is 305 g/mol. The minimum Gasteiger partial charge on any atom is -0.481 e. The van der Waals surface area contributed by atoms with E-state index in [-0.39, 0.29) is 5.91 Å². The van der Waals surface area contributed by atoms with Gasteiger partial charge in [-0.25, -0.2) is 0 Å². The summed E-state index contributed by atoms with van der Waals surface area (Å²) in [6, 6.07) is 9.78. The van der Waals surface area contributed by atoms with Crippen LogP contribution >= 0.6 is 0 Å². The van der Waals surface area contributed by atoms with Crippen molar-refractivity contribution in [3.05, 3.63) is 35.9 Å². The molecule has 122 valence electrons. The van der Waals surface area contributed by atoms with E-state index in [2.05, 4.69) is 5.32 Å². The molecule has 4 heteroatoms. The van der Waals surface area contributed by atoms with Gasteiger partial charge >= 0.3 is 5.97 Å². The summed E-state index contributed by atoms with van der Waals surface area (Å²) >= 11 is 0. The van der Waals surface area contributed by atoms with Crippen molar-refractivity contribution in [3.8, 4) is 0 Å². The van der Waals surface area contributed by atoms with Crippen LogP contribution < -0.4 is 5.32 Å². The fraction of sp³-hybridized carbons (Fsp3) is 0.556. The normalized spacial score (nSPS) is 12.0. The number of carbonyl (C=O) groups excluding carboxylic acids is 1. The Morgan fingerprint density at radius 2 is 1.64 bits per heavy atom. The zero-order valence-electron chi connectivity index (χ0n) is 14.0. The van der Waals surface area contributed by atoms with Gasteiger partial charge in [-0.15, -0.1) is 0 Å². The highest BCUT2D eigenvalue weighted by atomic mass is 16.4. The van der Waals surface area contributed by atoms with Crippen molar-refractivity contribution >= 4 is 11.9 Å². The lowest BCUT2D eigenvalue weighted by Crippen LogP contribution is -2.45. The van der Waals surface area contributed by atoms with Crippen molar-refractivity contribution in [1.82, 2.24) is 5.32 Å². The number of aliphatic carboxylic acids is 1.